The van der Waals surface area contributed by atoms with Gasteiger partial charge in [-0.2, -0.15) is 11.8 Å². The number of hydrogen-bond acceptors (Lipinski definition) is 4. The van der Waals surface area contributed by atoms with Gasteiger partial charge in [0, 0.05) is 11.3 Å². The minimum atomic E-state index is -0.541. The van der Waals surface area contributed by atoms with Gasteiger partial charge in [0.05, 0.1) is 7.11 Å². The zero-order valence-electron chi connectivity index (χ0n) is 13.5. The molecule has 4 heteroatoms. The van der Waals surface area contributed by atoms with Gasteiger partial charge in [0.1, 0.15) is 5.54 Å². The largest absolute Gasteiger partial charge is 0.468 e. The highest BCUT2D eigenvalue weighted by molar-refractivity contribution is 7.99. The van der Waals surface area contributed by atoms with Gasteiger partial charge in [0.15, 0.2) is 0 Å². The molecule has 1 fully saturated rings. The van der Waals surface area contributed by atoms with Crippen molar-refractivity contribution >= 4 is 17.7 Å². The molecule has 0 aromatic heterocycles. The van der Waals surface area contributed by atoms with Crippen molar-refractivity contribution in [1.29, 1.82) is 0 Å². The molecule has 1 rings (SSSR count). The molecular formula is C16H31NO2S. The van der Waals surface area contributed by atoms with E-state index in [9.17, 15) is 4.79 Å². The number of esters is 1. The number of methoxy groups -OCH3 is 1. The smallest absolute Gasteiger partial charge is 0.325 e. The Labute approximate surface area is 128 Å². The summed E-state index contributed by atoms with van der Waals surface area (Å²) < 4.78 is 4.95. The van der Waals surface area contributed by atoms with E-state index in [0.717, 1.165) is 18.1 Å². The topological polar surface area (TPSA) is 38.3 Å². The minimum Gasteiger partial charge on any atom is -0.468 e. The average molecular weight is 301 g/mol. The summed E-state index contributed by atoms with van der Waals surface area (Å²) in [5, 5.41) is 4.26. The molecule has 0 bridgehead atoms. The predicted octanol–water partition coefficient (Wildman–Crippen LogP) is 3.76. The molecule has 0 saturated heterocycles. The first-order valence-electron chi connectivity index (χ1n) is 7.95. The molecule has 1 unspecified atom stereocenters. The SMILES string of the molecule is COC(=O)C(C)(CCCCSC1CCCC1)NC(C)C. The van der Waals surface area contributed by atoms with Gasteiger partial charge in [-0.3, -0.25) is 10.1 Å². The van der Waals surface area contributed by atoms with Crippen molar-refractivity contribution in [3.63, 3.8) is 0 Å². The predicted molar refractivity (Wildman–Crippen MR) is 87.3 cm³/mol. The van der Waals surface area contributed by atoms with Gasteiger partial charge in [-0.05, 0) is 52.2 Å². The number of rotatable bonds is 9. The van der Waals surface area contributed by atoms with Gasteiger partial charge < -0.3 is 4.74 Å². The molecule has 0 amide bonds. The standard InChI is InChI=1S/C16H31NO2S/c1-13(2)17-16(3,15(18)19-4)11-7-8-12-20-14-9-5-6-10-14/h13-14,17H,5-12H2,1-4H3. The van der Waals surface area contributed by atoms with E-state index >= 15 is 0 Å². The number of carbonyl (C=O) groups excluding carboxylic acids is 1. The summed E-state index contributed by atoms with van der Waals surface area (Å²) in [5.74, 6) is 1.08. The first kappa shape index (κ1) is 17.8. The van der Waals surface area contributed by atoms with E-state index < -0.39 is 5.54 Å². The van der Waals surface area contributed by atoms with E-state index in [1.807, 2.05) is 6.92 Å². The summed E-state index contributed by atoms with van der Waals surface area (Å²) in [7, 11) is 1.47. The Balaban J connectivity index is 2.25. The number of nitrogens with one attached hydrogen (secondary N) is 1. The van der Waals surface area contributed by atoms with Crippen molar-refractivity contribution in [2.45, 2.75) is 82.5 Å². The molecule has 0 aromatic carbocycles. The third-order valence-corrected chi connectivity index (χ3v) is 5.44. The molecule has 0 radical (unpaired) electrons. The van der Waals surface area contributed by atoms with E-state index in [1.165, 1.54) is 45.0 Å². The van der Waals surface area contributed by atoms with Crippen LogP contribution in [0.2, 0.25) is 0 Å². The van der Waals surface area contributed by atoms with E-state index in [-0.39, 0.29) is 12.0 Å². The van der Waals surface area contributed by atoms with Crippen LogP contribution in [0.25, 0.3) is 0 Å². The Morgan fingerprint density at radius 1 is 1.35 bits per heavy atom. The van der Waals surface area contributed by atoms with Crippen LogP contribution < -0.4 is 5.32 Å². The molecule has 3 nitrogen and oxygen atoms in total. The molecule has 0 aromatic rings. The van der Waals surface area contributed by atoms with Crippen LogP contribution in [0.1, 0.15) is 65.7 Å². The summed E-state index contributed by atoms with van der Waals surface area (Å²) in [6, 6.07) is 0.284. The number of hydrogen-bond donors (Lipinski definition) is 1. The van der Waals surface area contributed by atoms with Gasteiger partial charge in [-0.15, -0.1) is 0 Å². The highest BCUT2D eigenvalue weighted by Crippen LogP contribution is 2.30. The number of unbranched alkanes of at least 4 members (excludes halogenated alkanes) is 1. The van der Waals surface area contributed by atoms with Gasteiger partial charge >= 0.3 is 5.97 Å². The fourth-order valence-electron chi connectivity index (χ4n) is 2.98. The maximum atomic E-state index is 12.0. The van der Waals surface area contributed by atoms with Crippen molar-refractivity contribution in [2.24, 2.45) is 0 Å². The highest BCUT2D eigenvalue weighted by atomic mass is 32.2. The van der Waals surface area contributed by atoms with Gasteiger partial charge in [-0.25, -0.2) is 0 Å². The average Bonchev–Trinajstić information content (AvgIpc) is 2.89. The normalized spacial score (nSPS) is 19.2. The van der Waals surface area contributed by atoms with Crippen LogP contribution in [0.5, 0.6) is 0 Å². The first-order chi connectivity index (χ1) is 9.48. The Kier molecular flexibility index (Phi) is 7.96. The minimum absolute atomic E-state index is 0.144. The quantitative estimate of drug-likeness (QED) is 0.520. The third-order valence-electron chi connectivity index (χ3n) is 3.97. The molecule has 1 atom stereocenters. The lowest BCUT2D eigenvalue weighted by molar-refractivity contribution is -0.148. The third kappa shape index (κ3) is 6.04. The number of thioether (sulfide) groups is 1. The lowest BCUT2D eigenvalue weighted by Gasteiger charge is -2.30. The van der Waals surface area contributed by atoms with Crippen molar-refractivity contribution in [3.05, 3.63) is 0 Å². The zero-order chi connectivity index (χ0) is 15.0. The Morgan fingerprint density at radius 2 is 2.00 bits per heavy atom. The van der Waals surface area contributed by atoms with Gasteiger partial charge in [0.25, 0.3) is 0 Å². The number of ether oxygens (including phenoxy) is 1. The Morgan fingerprint density at radius 3 is 2.55 bits per heavy atom. The molecule has 20 heavy (non-hydrogen) atoms. The highest BCUT2D eigenvalue weighted by Gasteiger charge is 2.33. The molecule has 118 valence electrons. The summed E-state index contributed by atoms with van der Waals surface area (Å²) in [5.41, 5.74) is -0.541. The molecular weight excluding hydrogens is 270 g/mol. The zero-order valence-corrected chi connectivity index (χ0v) is 14.4. The molecule has 0 aliphatic heterocycles. The summed E-state index contributed by atoms with van der Waals surface area (Å²) in [4.78, 5) is 12.0. The van der Waals surface area contributed by atoms with E-state index in [1.54, 1.807) is 0 Å². The molecule has 1 aliphatic rings. The van der Waals surface area contributed by atoms with Gasteiger partial charge in [0.2, 0.25) is 0 Å². The molecule has 0 spiro atoms. The van der Waals surface area contributed by atoms with Crippen LogP contribution in [-0.4, -0.2) is 35.7 Å². The van der Waals surface area contributed by atoms with Crippen LogP contribution in [-0.2, 0) is 9.53 Å². The summed E-state index contributed by atoms with van der Waals surface area (Å²) in [6.07, 6.45) is 8.74. The van der Waals surface area contributed by atoms with E-state index in [0.29, 0.717) is 0 Å². The van der Waals surface area contributed by atoms with Gasteiger partial charge in [-0.1, -0.05) is 19.3 Å². The first-order valence-corrected chi connectivity index (χ1v) is 9.00. The molecule has 0 heterocycles. The lowest BCUT2D eigenvalue weighted by atomic mass is 9.94. The lowest BCUT2D eigenvalue weighted by Crippen LogP contribution is -2.52. The summed E-state index contributed by atoms with van der Waals surface area (Å²) in [6.45, 7) is 6.09. The maximum absolute atomic E-state index is 12.0. The van der Waals surface area contributed by atoms with Crippen molar-refractivity contribution < 1.29 is 9.53 Å². The van der Waals surface area contributed by atoms with Crippen LogP contribution in [0.3, 0.4) is 0 Å². The van der Waals surface area contributed by atoms with Crippen LogP contribution >= 0.6 is 11.8 Å². The second kappa shape index (κ2) is 8.93. The van der Waals surface area contributed by atoms with Crippen molar-refractivity contribution in [1.82, 2.24) is 5.32 Å². The monoisotopic (exact) mass is 301 g/mol. The Hall–Kier alpha value is -0.220. The van der Waals surface area contributed by atoms with Crippen molar-refractivity contribution in [2.75, 3.05) is 12.9 Å². The fraction of sp³-hybridized carbons (Fsp3) is 0.938. The molecule has 1 saturated carbocycles. The van der Waals surface area contributed by atoms with E-state index in [2.05, 4.69) is 30.9 Å². The van der Waals surface area contributed by atoms with E-state index in [4.69, 9.17) is 4.74 Å². The fourth-order valence-corrected chi connectivity index (χ4v) is 4.35. The number of carbonyl (C=O) groups is 1. The van der Waals surface area contributed by atoms with Crippen LogP contribution in [0.4, 0.5) is 0 Å². The maximum Gasteiger partial charge on any atom is 0.325 e. The Bertz CT molecular complexity index is 290. The second-order valence-electron chi connectivity index (χ2n) is 6.36. The second-order valence-corrected chi connectivity index (χ2v) is 7.77. The molecule has 1 aliphatic carbocycles. The summed E-state index contributed by atoms with van der Waals surface area (Å²) >= 11 is 2.13. The van der Waals surface area contributed by atoms with Crippen LogP contribution in [0.15, 0.2) is 0 Å². The molecule has 1 N–H and O–H groups in total. The van der Waals surface area contributed by atoms with Crippen molar-refractivity contribution in [3.8, 4) is 0 Å². The van der Waals surface area contributed by atoms with Crippen LogP contribution in [0, 0.1) is 0 Å².